The molecular weight excluding hydrogens is 298 g/mol. The van der Waals surface area contributed by atoms with Gasteiger partial charge in [0.1, 0.15) is 0 Å². The molecule has 0 aromatic carbocycles. The van der Waals surface area contributed by atoms with Crippen molar-refractivity contribution in [1.82, 2.24) is 4.90 Å². The lowest BCUT2D eigenvalue weighted by Gasteiger charge is -2.45. The fourth-order valence-corrected chi connectivity index (χ4v) is 6.04. The van der Waals surface area contributed by atoms with Crippen LogP contribution < -0.4 is 0 Å². The molecule has 0 aromatic heterocycles. The minimum atomic E-state index is 0.0887. The fraction of sp³-hybridized carbons (Fsp3) is 0.857. The molecule has 2 heterocycles. The summed E-state index contributed by atoms with van der Waals surface area (Å²) in [6.45, 7) is 3.01. The third-order valence-electron chi connectivity index (χ3n) is 7.65. The third-order valence-corrected chi connectivity index (χ3v) is 7.65. The molecular formula is C21H33NO2. The molecule has 0 amide bonds. The van der Waals surface area contributed by atoms with Crippen LogP contribution in [0.1, 0.15) is 58.3 Å². The first-order chi connectivity index (χ1) is 11.6. The molecule has 2 saturated heterocycles. The Morgan fingerprint density at radius 2 is 1.88 bits per heavy atom. The highest BCUT2D eigenvalue weighted by atomic mass is 16.5. The minimum Gasteiger partial charge on any atom is -0.465 e. The number of likely N-dealkylation sites (N-methyl/N-ethyl adjacent to an activating group) is 1. The molecule has 0 aromatic rings. The van der Waals surface area contributed by atoms with E-state index in [4.69, 9.17) is 4.74 Å². The molecule has 2 saturated carbocycles. The van der Waals surface area contributed by atoms with Gasteiger partial charge in [0.2, 0.25) is 0 Å². The molecule has 2 aliphatic heterocycles. The zero-order valence-electron chi connectivity index (χ0n) is 15.3. The molecule has 4 aliphatic rings. The molecule has 0 bridgehead atoms. The maximum atomic E-state index is 12.2. The van der Waals surface area contributed by atoms with E-state index >= 15 is 0 Å². The lowest BCUT2D eigenvalue weighted by atomic mass is 9.58. The molecule has 24 heavy (non-hydrogen) atoms. The van der Waals surface area contributed by atoms with Crippen molar-refractivity contribution < 1.29 is 9.53 Å². The average Bonchev–Trinajstić information content (AvgIpc) is 2.96. The van der Waals surface area contributed by atoms with E-state index in [1.54, 1.807) is 0 Å². The molecule has 0 radical (unpaired) electrons. The molecule has 3 heteroatoms. The number of hydrogen-bond donors (Lipinski definition) is 0. The molecule has 3 nitrogen and oxygen atoms in total. The summed E-state index contributed by atoms with van der Waals surface area (Å²) in [7, 11) is 2.27. The number of fused-ring (bicyclic) bond motifs is 2. The monoisotopic (exact) mass is 331 g/mol. The minimum absolute atomic E-state index is 0.0887. The summed E-state index contributed by atoms with van der Waals surface area (Å²) >= 11 is 0. The number of nitrogens with zero attached hydrogens (tertiary/aromatic N) is 1. The van der Waals surface area contributed by atoms with Crippen LogP contribution in [0.15, 0.2) is 12.2 Å². The second kappa shape index (κ2) is 6.82. The fourth-order valence-electron chi connectivity index (χ4n) is 6.04. The number of likely N-dealkylation sites (tertiary alicyclic amines) is 1. The maximum Gasteiger partial charge on any atom is 0.309 e. The topological polar surface area (TPSA) is 29.5 Å². The van der Waals surface area contributed by atoms with Crippen LogP contribution in [0.4, 0.5) is 0 Å². The molecule has 2 aliphatic carbocycles. The number of esters is 1. The van der Waals surface area contributed by atoms with Gasteiger partial charge in [-0.2, -0.15) is 0 Å². The second-order valence-corrected chi connectivity index (χ2v) is 8.82. The molecule has 134 valence electrons. The highest BCUT2D eigenvalue weighted by molar-refractivity contribution is 5.75. The summed E-state index contributed by atoms with van der Waals surface area (Å²) in [5, 5.41) is 0. The van der Waals surface area contributed by atoms with Crippen molar-refractivity contribution in [2.75, 3.05) is 13.7 Å². The summed E-state index contributed by atoms with van der Waals surface area (Å²) in [5.41, 5.74) is 0. The molecule has 4 rings (SSSR count). The first-order valence-corrected chi connectivity index (χ1v) is 10.2. The number of piperidine rings is 1. The van der Waals surface area contributed by atoms with Gasteiger partial charge in [0.05, 0.1) is 12.5 Å². The number of allylic oxidation sites excluding steroid dienone is 1. The summed E-state index contributed by atoms with van der Waals surface area (Å²) in [5.74, 6) is 2.82. The van der Waals surface area contributed by atoms with Crippen molar-refractivity contribution >= 4 is 5.97 Å². The van der Waals surface area contributed by atoms with Gasteiger partial charge in [-0.05, 0) is 57.4 Å². The van der Waals surface area contributed by atoms with Gasteiger partial charge in [0.15, 0.2) is 0 Å². The van der Waals surface area contributed by atoms with Crippen LogP contribution >= 0.6 is 0 Å². The number of carbonyl (C=O) groups excluding carboxylic acids is 1. The number of ether oxygens (including phenoxy) is 1. The van der Waals surface area contributed by atoms with Crippen LogP contribution in [0.3, 0.4) is 0 Å². The Morgan fingerprint density at radius 1 is 1.04 bits per heavy atom. The molecule has 0 spiro atoms. The standard InChI is InChI=1S/C21H33NO2/c1-14-6-5-8-16(22(14)2)10-11-18-17-9-4-3-7-15(17)12-19-20(18)13-24-21(19)23/h10-11,14-20H,3-9,12-13H2,1-2H3/b11-10+/t14-,15+,16+,17-,18-,19-,20+/m1/s1. The highest BCUT2D eigenvalue weighted by Crippen LogP contribution is 2.51. The Morgan fingerprint density at radius 3 is 2.75 bits per heavy atom. The normalized spacial score (nSPS) is 46.6. The number of hydrogen-bond acceptors (Lipinski definition) is 3. The van der Waals surface area contributed by atoms with Gasteiger partial charge >= 0.3 is 5.97 Å². The summed E-state index contributed by atoms with van der Waals surface area (Å²) in [4.78, 5) is 14.7. The molecule has 0 unspecified atom stereocenters. The smallest absolute Gasteiger partial charge is 0.309 e. The third kappa shape index (κ3) is 2.94. The van der Waals surface area contributed by atoms with Gasteiger partial charge < -0.3 is 4.74 Å². The van der Waals surface area contributed by atoms with E-state index < -0.39 is 0 Å². The maximum absolute atomic E-state index is 12.2. The van der Waals surface area contributed by atoms with E-state index in [2.05, 4.69) is 31.0 Å². The van der Waals surface area contributed by atoms with Gasteiger partial charge in [-0.3, -0.25) is 9.69 Å². The van der Waals surface area contributed by atoms with Crippen molar-refractivity contribution in [1.29, 1.82) is 0 Å². The van der Waals surface area contributed by atoms with Crippen molar-refractivity contribution in [3.63, 3.8) is 0 Å². The van der Waals surface area contributed by atoms with E-state index in [-0.39, 0.29) is 11.9 Å². The van der Waals surface area contributed by atoms with Gasteiger partial charge in [0, 0.05) is 18.0 Å². The molecule has 4 fully saturated rings. The average molecular weight is 332 g/mol. The van der Waals surface area contributed by atoms with Gasteiger partial charge in [-0.1, -0.05) is 37.8 Å². The quantitative estimate of drug-likeness (QED) is 0.565. The largest absolute Gasteiger partial charge is 0.465 e. The molecule has 0 N–H and O–H groups in total. The van der Waals surface area contributed by atoms with Crippen LogP contribution in [0.5, 0.6) is 0 Å². The van der Waals surface area contributed by atoms with Crippen molar-refractivity contribution in [2.45, 2.75) is 70.4 Å². The van der Waals surface area contributed by atoms with Gasteiger partial charge in [-0.25, -0.2) is 0 Å². The molecule has 7 atom stereocenters. The number of cyclic esters (lactones) is 1. The van der Waals surface area contributed by atoms with Crippen LogP contribution in [-0.2, 0) is 9.53 Å². The van der Waals surface area contributed by atoms with Crippen molar-refractivity contribution in [3.8, 4) is 0 Å². The van der Waals surface area contributed by atoms with E-state index in [0.717, 1.165) is 18.3 Å². The first-order valence-electron chi connectivity index (χ1n) is 10.2. The second-order valence-electron chi connectivity index (χ2n) is 8.82. The Hall–Kier alpha value is -0.830. The Kier molecular flexibility index (Phi) is 4.73. The van der Waals surface area contributed by atoms with Crippen molar-refractivity contribution in [3.05, 3.63) is 12.2 Å². The Bertz CT molecular complexity index is 502. The van der Waals surface area contributed by atoms with Crippen molar-refractivity contribution in [2.24, 2.45) is 29.6 Å². The van der Waals surface area contributed by atoms with Crippen LogP contribution in [-0.4, -0.2) is 36.6 Å². The van der Waals surface area contributed by atoms with Gasteiger partial charge in [-0.15, -0.1) is 0 Å². The number of rotatable bonds is 2. The predicted octanol–water partition coefficient (Wildman–Crippen LogP) is 4.03. The summed E-state index contributed by atoms with van der Waals surface area (Å²) < 4.78 is 5.48. The zero-order valence-corrected chi connectivity index (χ0v) is 15.3. The van der Waals surface area contributed by atoms with E-state index in [0.29, 0.717) is 30.5 Å². The van der Waals surface area contributed by atoms with E-state index in [1.165, 1.54) is 44.9 Å². The summed E-state index contributed by atoms with van der Waals surface area (Å²) in [6.07, 6.45) is 15.4. The Labute approximate surface area is 146 Å². The van der Waals surface area contributed by atoms with E-state index in [9.17, 15) is 4.79 Å². The van der Waals surface area contributed by atoms with Gasteiger partial charge in [0.25, 0.3) is 0 Å². The van der Waals surface area contributed by atoms with E-state index in [1.807, 2.05) is 0 Å². The lowest BCUT2D eigenvalue weighted by molar-refractivity contribution is -0.142. The first kappa shape index (κ1) is 16.6. The van der Waals surface area contributed by atoms with Crippen LogP contribution in [0.25, 0.3) is 0 Å². The van der Waals surface area contributed by atoms with Crippen LogP contribution in [0, 0.1) is 29.6 Å². The highest BCUT2D eigenvalue weighted by Gasteiger charge is 2.50. The number of carbonyl (C=O) groups is 1. The Balaban J connectivity index is 1.54. The van der Waals surface area contributed by atoms with Crippen LogP contribution in [0.2, 0.25) is 0 Å². The lowest BCUT2D eigenvalue weighted by Crippen LogP contribution is -2.43. The zero-order chi connectivity index (χ0) is 16.7. The SMILES string of the molecule is C[C@@H]1CCC[C@@H](/C=C/[C@@H]2[C@@H]3CCCC[C@H]3C[C@H]3C(=O)OC[C@@H]23)N1C. The predicted molar refractivity (Wildman–Crippen MR) is 95.5 cm³/mol. The summed E-state index contributed by atoms with van der Waals surface area (Å²) in [6, 6.07) is 1.26.